The summed E-state index contributed by atoms with van der Waals surface area (Å²) in [4.78, 5) is 27.9. The van der Waals surface area contributed by atoms with Crippen molar-refractivity contribution in [3.63, 3.8) is 0 Å². The molecule has 0 saturated carbocycles. The van der Waals surface area contributed by atoms with Gasteiger partial charge in [0.1, 0.15) is 0 Å². The first-order valence-electron chi connectivity index (χ1n) is 11.9. The van der Waals surface area contributed by atoms with Crippen LogP contribution < -0.4 is 15.5 Å². The van der Waals surface area contributed by atoms with Crippen molar-refractivity contribution in [1.82, 2.24) is 10.6 Å². The number of hydrogen-bond acceptors (Lipinski definition) is 4. The Balaban J connectivity index is 1.79. The minimum Gasteiger partial charge on any atom is -0.375 e. The molecule has 2 heterocycles. The molecule has 2 saturated heterocycles. The first-order chi connectivity index (χ1) is 15.1. The van der Waals surface area contributed by atoms with E-state index in [1.807, 2.05) is 19.9 Å². The van der Waals surface area contributed by atoms with Gasteiger partial charge < -0.3 is 20.3 Å². The van der Waals surface area contributed by atoms with Crippen LogP contribution in [0.25, 0.3) is 0 Å². The SMILES string of the molecule is CCN(c1cc(Cl)cc(C(=O)NCC2C(=O)NC(C)CC2C)c1C)C1CC(C)OC(C)C1. The highest BCUT2D eigenvalue weighted by atomic mass is 35.5. The van der Waals surface area contributed by atoms with Crippen molar-refractivity contribution in [2.45, 2.75) is 85.1 Å². The molecule has 32 heavy (non-hydrogen) atoms. The number of piperidine rings is 1. The van der Waals surface area contributed by atoms with Crippen LogP contribution in [0.2, 0.25) is 5.02 Å². The molecule has 1 aromatic rings. The van der Waals surface area contributed by atoms with Crippen LogP contribution in [-0.4, -0.2) is 49.2 Å². The van der Waals surface area contributed by atoms with E-state index in [2.05, 4.69) is 43.2 Å². The third-order valence-electron chi connectivity index (χ3n) is 6.97. The van der Waals surface area contributed by atoms with E-state index in [1.165, 1.54) is 0 Å². The fraction of sp³-hybridized carbons (Fsp3) is 0.680. The summed E-state index contributed by atoms with van der Waals surface area (Å²) in [6, 6.07) is 4.20. The molecule has 1 aromatic carbocycles. The molecular formula is C25H38ClN3O3. The van der Waals surface area contributed by atoms with Gasteiger partial charge in [0.25, 0.3) is 5.91 Å². The smallest absolute Gasteiger partial charge is 0.251 e. The first-order valence-corrected chi connectivity index (χ1v) is 12.3. The number of amides is 2. The molecule has 2 amide bonds. The zero-order valence-electron chi connectivity index (χ0n) is 20.2. The molecule has 2 aliphatic heterocycles. The lowest BCUT2D eigenvalue weighted by molar-refractivity contribution is -0.129. The number of ether oxygens (including phenoxy) is 1. The standard InChI is InChI=1S/C25H38ClN3O3/c1-7-29(20-9-16(4)32-17(5)10-20)23-12-19(26)11-21(18(23)6)24(30)27-13-22-14(2)8-15(3)28-25(22)31/h11-12,14-17,20,22H,7-10,13H2,1-6H3,(H,27,30)(H,28,31). The zero-order valence-corrected chi connectivity index (χ0v) is 21.0. The number of nitrogens with one attached hydrogen (secondary N) is 2. The molecule has 5 unspecified atom stereocenters. The largest absolute Gasteiger partial charge is 0.375 e. The molecule has 0 aliphatic carbocycles. The van der Waals surface area contributed by atoms with Gasteiger partial charge in [0.05, 0.1) is 18.1 Å². The predicted molar refractivity (Wildman–Crippen MR) is 129 cm³/mol. The molecule has 7 heteroatoms. The Bertz CT molecular complexity index is 836. The van der Waals surface area contributed by atoms with Crippen LogP contribution in [-0.2, 0) is 9.53 Å². The van der Waals surface area contributed by atoms with Crippen molar-refractivity contribution in [3.8, 4) is 0 Å². The molecule has 0 radical (unpaired) electrons. The summed E-state index contributed by atoms with van der Waals surface area (Å²) in [7, 11) is 0. The van der Waals surface area contributed by atoms with E-state index >= 15 is 0 Å². The van der Waals surface area contributed by atoms with Crippen LogP contribution in [0.1, 0.15) is 69.8 Å². The molecular weight excluding hydrogens is 426 g/mol. The first kappa shape index (κ1) is 24.8. The number of halogens is 1. The average molecular weight is 464 g/mol. The highest BCUT2D eigenvalue weighted by molar-refractivity contribution is 6.31. The van der Waals surface area contributed by atoms with E-state index in [0.29, 0.717) is 23.2 Å². The van der Waals surface area contributed by atoms with Crippen LogP contribution >= 0.6 is 11.6 Å². The summed E-state index contributed by atoms with van der Waals surface area (Å²) in [5.74, 6) is -0.163. The van der Waals surface area contributed by atoms with E-state index in [-0.39, 0.29) is 41.9 Å². The molecule has 5 atom stereocenters. The summed E-state index contributed by atoms with van der Waals surface area (Å²) < 4.78 is 5.93. The van der Waals surface area contributed by atoms with E-state index < -0.39 is 0 Å². The van der Waals surface area contributed by atoms with Crippen molar-refractivity contribution < 1.29 is 14.3 Å². The lowest BCUT2D eigenvalue weighted by Gasteiger charge is -2.41. The lowest BCUT2D eigenvalue weighted by atomic mass is 9.84. The van der Waals surface area contributed by atoms with Crippen LogP contribution in [0.4, 0.5) is 5.69 Å². The van der Waals surface area contributed by atoms with E-state index in [0.717, 1.165) is 37.1 Å². The topological polar surface area (TPSA) is 70.7 Å². The summed E-state index contributed by atoms with van der Waals surface area (Å²) >= 11 is 6.48. The molecule has 178 valence electrons. The monoisotopic (exact) mass is 463 g/mol. The quantitative estimate of drug-likeness (QED) is 0.659. The van der Waals surface area contributed by atoms with Gasteiger partial charge >= 0.3 is 0 Å². The second-order valence-corrected chi connectivity index (χ2v) is 10.1. The van der Waals surface area contributed by atoms with Crippen LogP contribution in [0.15, 0.2) is 12.1 Å². The number of carbonyl (C=O) groups is 2. The van der Waals surface area contributed by atoms with Gasteiger partial charge in [0, 0.05) is 41.4 Å². The van der Waals surface area contributed by atoms with E-state index in [9.17, 15) is 9.59 Å². The highest BCUT2D eigenvalue weighted by Gasteiger charge is 2.33. The fourth-order valence-electron chi connectivity index (χ4n) is 5.43. The molecule has 0 aromatic heterocycles. The average Bonchev–Trinajstić information content (AvgIpc) is 2.69. The third kappa shape index (κ3) is 5.57. The van der Waals surface area contributed by atoms with Crippen molar-refractivity contribution in [2.75, 3.05) is 18.0 Å². The maximum absolute atomic E-state index is 13.1. The lowest BCUT2D eigenvalue weighted by Crippen LogP contribution is -2.50. The molecule has 3 rings (SSSR count). The van der Waals surface area contributed by atoms with Crippen molar-refractivity contribution >= 4 is 29.1 Å². The molecule has 0 bridgehead atoms. The Morgan fingerprint density at radius 2 is 1.84 bits per heavy atom. The molecule has 0 spiro atoms. The second kappa shape index (κ2) is 10.4. The Morgan fingerprint density at radius 3 is 2.44 bits per heavy atom. The molecule has 6 nitrogen and oxygen atoms in total. The Kier molecular flexibility index (Phi) is 8.10. The van der Waals surface area contributed by atoms with E-state index in [1.54, 1.807) is 6.07 Å². The number of nitrogens with zero attached hydrogens (tertiary/aromatic N) is 1. The Hall–Kier alpha value is -1.79. The van der Waals surface area contributed by atoms with Gasteiger partial charge in [0.15, 0.2) is 0 Å². The minimum atomic E-state index is -0.216. The minimum absolute atomic E-state index is 0.0139. The van der Waals surface area contributed by atoms with Crippen LogP contribution in [0.3, 0.4) is 0 Å². The molecule has 2 N–H and O–H groups in total. The van der Waals surface area contributed by atoms with Gasteiger partial charge in [-0.25, -0.2) is 0 Å². The maximum atomic E-state index is 13.1. The predicted octanol–water partition coefficient (Wildman–Crippen LogP) is 4.32. The normalized spacial score (nSPS) is 30.5. The molecule has 2 fully saturated rings. The summed E-state index contributed by atoms with van der Waals surface area (Å²) in [5.41, 5.74) is 2.47. The Morgan fingerprint density at radius 1 is 1.19 bits per heavy atom. The summed E-state index contributed by atoms with van der Waals surface area (Å²) in [6.07, 6.45) is 3.20. The number of carbonyl (C=O) groups excluding carboxylic acids is 2. The highest BCUT2D eigenvalue weighted by Crippen LogP contribution is 2.33. The van der Waals surface area contributed by atoms with Crippen LogP contribution in [0, 0.1) is 18.8 Å². The third-order valence-corrected chi connectivity index (χ3v) is 7.19. The van der Waals surface area contributed by atoms with Crippen molar-refractivity contribution in [3.05, 3.63) is 28.3 Å². The number of rotatable bonds is 6. The van der Waals surface area contributed by atoms with Gasteiger partial charge in [-0.1, -0.05) is 18.5 Å². The van der Waals surface area contributed by atoms with Gasteiger partial charge in [-0.3, -0.25) is 9.59 Å². The number of anilines is 1. The zero-order chi connectivity index (χ0) is 23.6. The summed E-state index contributed by atoms with van der Waals surface area (Å²) in [6.45, 7) is 13.6. The van der Waals surface area contributed by atoms with Crippen molar-refractivity contribution in [1.29, 1.82) is 0 Å². The maximum Gasteiger partial charge on any atom is 0.251 e. The van der Waals surface area contributed by atoms with Crippen LogP contribution in [0.5, 0.6) is 0 Å². The van der Waals surface area contributed by atoms with E-state index in [4.69, 9.17) is 16.3 Å². The number of benzene rings is 1. The van der Waals surface area contributed by atoms with Crippen molar-refractivity contribution in [2.24, 2.45) is 11.8 Å². The second-order valence-electron chi connectivity index (χ2n) is 9.71. The number of hydrogen-bond donors (Lipinski definition) is 2. The fourth-order valence-corrected chi connectivity index (χ4v) is 5.64. The van der Waals surface area contributed by atoms with Gasteiger partial charge in [-0.05, 0) is 77.5 Å². The van der Waals surface area contributed by atoms with Gasteiger partial charge in [-0.2, -0.15) is 0 Å². The molecule has 2 aliphatic rings. The van der Waals surface area contributed by atoms with Gasteiger partial charge in [-0.15, -0.1) is 0 Å². The Labute approximate surface area is 197 Å². The van der Waals surface area contributed by atoms with Gasteiger partial charge in [0.2, 0.25) is 5.91 Å². The summed E-state index contributed by atoms with van der Waals surface area (Å²) in [5, 5.41) is 6.53.